The van der Waals surface area contributed by atoms with E-state index < -0.39 is 0 Å². The first-order valence-corrected chi connectivity index (χ1v) is 8.33. The summed E-state index contributed by atoms with van der Waals surface area (Å²) in [6.07, 6.45) is 0. The molecule has 3 aromatic rings. The van der Waals surface area contributed by atoms with Crippen molar-refractivity contribution in [2.24, 2.45) is 0 Å². The van der Waals surface area contributed by atoms with Gasteiger partial charge in [0.25, 0.3) is 5.91 Å². The van der Waals surface area contributed by atoms with E-state index in [4.69, 9.17) is 4.74 Å². The van der Waals surface area contributed by atoms with Crippen molar-refractivity contribution in [3.8, 4) is 15.6 Å². The highest BCUT2D eigenvalue weighted by Crippen LogP contribution is 2.31. The molecule has 0 spiro atoms. The number of rotatable bonds is 4. The highest BCUT2D eigenvalue weighted by atomic mass is 32.1. The summed E-state index contributed by atoms with van der Waals surface area (Å²) in [5.41, 5.74) is 1.48. The molecule has 0 fully saturated rings. The minimum atomic E-state index is -0.136. The van der Waals surface area contributed by atoms with Gasteiger partial charge in [0.05, 0.1) is 17.7 Å². The average molecular weight is 330 g/mol. The molecule has 0 radical (unpaired) electrons. The number of anilines is 1. The number of thiophene rings is 1. The Morgan fingerprint density at radius 1 is 1.23 bits per heavy atom. The molecule has 112 valence electrons. The van der Waals surface area contributed by atoms with Crippen molar-refractivity contribution >= 4 is 34.3 Å². The van der Waals surface area contributed by atoms with Gasteiger partial charge in [-0.25, -0.2) is 4.98 Å². The van der Waals surface area contributed by atoms with Gasteiger partial charge in [-0.2, -0.15) is 0 Å². The number of benzene rings is 1. The van der Waals surface area contributed by atoms with Crippen LogP contribution in [0.5, 0.6) is 5.75 Å². The van der Waals surface area contributed by atoms with Crippen molar-refractivity contribution in [2.75, 3.05) is 12.4 Å². The van der Waals surface area contributed by atoms with Crippen molar-refractivity contribution in [3.63, 3.8) is 0 Å². The maximum atomic E-state index is 12.4. The van der Waals surface area contributed by atoms with Gasteiger partial charge in [0.1, 0.15) is 15.6 Å². The Balaban J connectivity index is 1.80. The monoisotopic (exact) mass is 330 g/mol. The normalized spacial score (nSPS) is 10.5. The topological polar surface area (TPSA) is 51.2 Å². The van der Waals surface area contributed by atoms with Crippen LogP contribution in [0, 0.1) is 6.92 Å². The zero-order valence-corrected chi connectivity index (χ0v) is 13.8. The summed E-state index contributed by atoms with van der Waals surface area (Å²) < 4.78 is 5.10. The second-order valence-corrected chi connectivity index (χ2v) is 6.54. The molecule has 1 amide bonds. The van der Waals surface area contributed by atoms with Crippen molar-refractivity contribution in [1.29, 1.82) is 0 Å². The third-order valence-corrected chi connectivity index (χ3v) is 5.28. The predicted octanol–water partition coefficient (Wildman–Crippen LogP) is 4.44. The summed E-state index contributed by atoms with van der Waals surface area (Å²) in [7, 11) is 1.61. The molecule has 0 saturated heterocycles. The third-order valence-electron chi connectivity index (χ3n) is 3.08. The summed E-state index contributed by atoms with van der Waals surface area (Å²) in [5, 5.41) is 5.77. The minimum absolute atomic E-state index is 0.136. The second kappa shape index (κ2) is 6.29. The van der Waals surface area contributed by atoms with Crippen LogP contribution in [0.25, 0.3) is 9.88 Å². The molecule has 22 heavy (non-hydrogen) atoms. The van der Waals surface area contributed by atoms with E-state index in [1.54, 1.807) is 18.4 Å². The average Bonchev–Trinajstić information content (AvgIpc) is 3.17. The van der Waals surface area contributed by atoms with E-state index in [2.05, 4.69) is 10.3 Å². The van der Waals surface area contributed by atoms with Crippen LogP contribution in [-0.2, 0) is 0 Å². The molecule has 2 aromatic heterocycles. The number of carbonyl (C=O) groups excluding carboxylic acids is 1. The van der Waals surface area contributed by atoms with E-state index in [1.165, 1.54) is 11.3 Å². The lowest BCUT2D eigenvalue weighted by Gasteiger charge is -2.05. The maximum absolute atomic E-state index is 12.4. The van der Waals surface area contributed by atoms with E-state index in [0.717, 1.165) is 27.0 Å². The number of ether oxygens (including phenoxy) is 1. The van der Waals surface area contributed by atoms with Crippen molar-refractivity contribution < 1.29 is 9.53 Å². The Hall–Kier alpha value is -2.18. The number of carbonyl (C=O) groups is 1. The molecule has 0 unspecified atom stereocenters. The first kappa shape index (κ1) is 14.7. The molecule has 3 rings (SSSR count). The van der Waals surface area contributed by atoms with Crippen LogP contribution < -0.4 is 10.1 Å². The van der Waals surface area contributed by atoms with Crippen LogP contribution in [0.2, 0.25) is 0 Å². The van der Waals surface area contributed by atoms with Gasteiger partial charge in [0, 0.05) is 5.69 Å². The fourth-order valence-corrected chi connectivity index (χ4v) is 3.73. The zero-order chi connectivity index (χ0) is 15.5. The van der Waals surface area contributed by atoms with E-state index in [9.17, 15) is 4.79 Å². The van der Waals surface area contributed by atoms with Gasteiger partial charge >= 0.3 is 0 Å². The standard InChI is InChI=1S/C16H14N2O2S2/c1-10-14(22-16(17-10)13-4-3-9-21-13)15(19)18-11-5-7-12(20-2)8-6-11/h3-9H,1-2H3,(H,18,19). The smallest absolute Gasteiger partial charge is 0.267 e. The number of amides is 1. The summed E-state index contributed by atoms with van der Waals surface area (Å²) in [4.78, 5) is 18.6. The molecule has 6 heteroatoms. The lowest BCUT2D eigenvalue weighted by Crippen LogP contribution is -2.11. The van der Waals surface area contributed by atoms with Crippen molar-refractivity contribution in [3.05, 3.63) is 52.3 Å². The van der Waals surface area contributed by atoms with Gasteiger partial charge in [-0.15, -0.1) is 22.7 Å². The highest BCUT2D eigenvalue weighted by Gasteiger charge is 2.16. The van der Waals surface area contributed by atoms with E-state index in [0.29, 0.717) is 4.88 Å². The molecule has 1 aromatic carbocycles. The van der Waals surface area contributed by atoms with Crippen LogP contribution >= 0.6 is 22.7 Å². The van der Waals surface area contributed by atoms with Crippen LogP contribution in [0.4, 0.5) is 5.69 Å². The van der Waals surface area contributed by atoms with Gasteiger partial charge in [-0.3, -0.25) is 4.79 Å². The number of aryl methyl sites for hydroxylation is 1. The summed E-state index contributed by atoms with van der Waals surface area (Å²) in [6.45, 7) is 1.86. The Labute approximate surface area is 136 Å². The molecule has 0 saturated carbocycles. The number of hydrogen-bond acceptors (Lipinski definition) is 5. The van der Waals surface area contributed by atoms with Gasteiger partial charge in [0.2, 0.25) is 0 Å². The van der Waals surface area contributed by atoms with E-state index >= 15 is 0 Å². The van der Waals surface area contributed by atoms with Gasteiger partial charge < -0.3 is 10.1 Å². The van der Waals surface area contributed by atoms with Gasteiger partial charge in [-0.1, -0.05) is 6.07 Å². The van der Waals surface area contributed by atoms with Crippen LogP contribution in [-0.4, -0.2) is 18.0 Å². The number of nitrogens with zero attached hydrogens (tertiary/aromatic N) is 1. The lowest BCUT2D eigenvalue weighted by atomic mass is 10.3. The Kier molecular flexibility index (Phi) is 4.22. The summed E-state index contributed by atoms with van der Waals surface area (Å²) in [6, 6.07) is 11.2. The SMILES string of the molecule is COc1ccc(NC(=O)c2sc(-c3cccs3)nc2C)cc1. The molecule has 2 heterocycles. The first-order chi connectivity index (χ1) is 10.7. The summed E-state index contributed by atoms with van der Waals surface area (Å²) >= 11 is 3.03. The molecule has 0 bridgehead atoms. The number of thiazole rings is 1. The minimum Gasteiger partial charge on any atom is -0.497 e. The van der Waals surface area contributed by atoms with E-state index in [-0.39, 0.29) is 5.91 Å². The third kappa shape index (κ3) is 3.03. The Morgan fingerprint density at radius 3 is 2.64 bits per heavy atom. The number of methoxy groups -OCH3 is 1. The molecule has 4 nitrogen and oxygen atoms in total. The predicted molar refractivity (Wildman–Crippen MR) is 91.1 cm³/mol. The second-order valence-electron chi connectivity index (χ2n) is 4.59. The van der Waals surface area contributed by atoms with Crippen LogP contribution in [0.15, 0.2) is 41.8 Å². The Morgan fingerprint density at radius 2 is 2.00 bits per heavy atom. The van der Waals surface area contributed by atoms with Crippen LogP contribution in [0.3, 0.4) is 0 Å². The van der Waals surface area contributed by atoms with Gasteiger partial charge in [0.15, 0.2) is 0 Å². The lowest BCUT2D eigenvalue weighted by molar-refractivity contribution is 0.103. The van der Waals surface area contributed by atoms with Crippen molar-refractivity contribution in [1.82, 2.24) is 4.98 Å². The fourth-order valence-electron chi connectivity index (χ4n) is 1.97. The molecule has 0 aliphatic carbocycles. The number of aromatic nitrogens is 1. The molecular formula is C16H14N2O2S2. The number of hydrogen-bond donors (Lipinski definition) is 1. The fraction of sp³-hybridized carbons (Fsp3) is 0.125. The molecule has 0 atom stereocenters. The molecular weight excluding hydrogens is 316 g/mol. The molecule has 0 aliphatic rings. The highest BCUT2D eigenvalue weighted by molar-refractivity contribution is 7.22. The maximum Gasteiger partial charge on any atom is 0.267 e. The van der Waals surface area contributed by atoms with E-state index in [1.807, 2.05) is 48.7 Å². The Bertz CT molecular complexity index is 777. The first-order valence-electron chi connectivity index (χ1n) is 6.64. The number of nitrogens with one attached hydrogen (secondary N) is 1. The summed E-state index contributed by atoms with van der Waals surface area (Å²) in [5.74, 6) is 0.620. The van der Waals surface area contributed by atoms with Crippen LogP contribution in [0.1, 0.15) is 15.4 Å². The molecule has 0 aliphatic heterocycles. The van der Waals surface area contributed by atoms with Crippen molar-refractivity contribution in [2.45, 2.75) is 6.92 Å². The largest absolute Gasteiger partial charge is 0.497 e. The van der Waals surface area contributed by atoms with Gasteiger partial charge in [-0.05, 0) is 42.6 Å². The zero-order valence-electron chi connectivity index (χ0n) is 12.1. The quantitative estimate of drug-likeness (QED) is 0.769. The molecule has 1 N–H and O–H groups in total.